The van der Waals surface area contributed by atoms with Crippen LogP contribution in [0.4, 0.5) is 0 Å². The van der Waals surface area contributed by atoms with Crippen molar-refractivity contribution in [2.75, 3.05) is 7.05 Å². The summed E-state index contributed by atoms with van der Waals surface area (Å²) in [7, 11) is 1.99. The standard InChI is InChI=1S/C18H27NO/c1-15-8-7-9-16(14-15)12-13-18(20)19(2)17-10-5-3-4-6-11-17/h7-9,14,17H,3-6,10-13H2,1-2H3. The molecule has 2 nitrogen and oxygen atoms in total. The highest BCUT2D eigenvalue weighted by atomic mass is 16.2. The predicted octanol–water partition coefficient (Wildman–Crippen LogP) is 4.11. The average Bonchev–Trinajstić information content (AvgIpc) is 2.73. The second kappa shape index (κ2) is 7.47. The molecule has 0 atom stereocenters. The van der Waals surface area contributed by atoms with E-state index < -0.39 is 0 Å². The van der Waals surface area contributed by atoms with Crippen LogP contribution in [-0.4, -0.2) is 23.9 Å². The number of aryl methyl sites for hydroxylation is 2. The molecular formula is C18H27NO. The van der Waals surface area contributed by atoms with Crippen molar-refractivity contribution in [3.63, 3.8) is 0 Å². The van der Waals surface area contributed by atoms with E-state index in [4.69, 9.17) is 0 Å². The molecule has 1 aliphatic carbocycles. The first kappa shape index (κ1) is 15.1. The Morgan fingerprint density at radius 1 is 1.20 bits per heavy atom. The summed E-state index contributed by atoms with van der Waals surface area (Å²) in [6.45, 7) is 2.10. The fourth-order valence-electron chi connectivity index (χ4n) is 3.14. The Hall–Kier alpha value is -1.31. The normalized spacial score (nSPS) is 16.7. The lowest BCUT2D eigenvalue weighted by molar-refractivity contribution is -0.132. The summed E-state index contributed by atoms with van der Waals surface area (Å²) in [5, 5.41) is 0. The summed E-state index contributed by atoms with van der Waals surface area (Å²) in [4.78, 5) is 14.4. The van der Waals surface area contributed by atoms with Gasteiger partial charge in [-0.3, -0.25) is 4.79 Å². The Bertz CT molecular complexity index is 433. The minimum atomic E-state index is 0.304. The maximum absolute atomic E-state index is 12.3. The highest BCUT2D eigenvalue weighted by molar-refractivity contribution is 5.76. The quantitative estimate of drug-likeness (QED) is 0.756. The van der Waals surface area contributed by atoms with E-state index in [1.807, 2.05) is 11.9 Å². The third-order valence-electron chi connectivity index (χ3n) is 4.48. The van der Waals surface area contributed by atoms with Crippen molar-refractivity contribution < 1.29 is 4.79 Å². The molecule has 0 saturated heterocycles. The Morgan fingerprint density at radius 2 is 1.90 bits per heavy atom. The van der Waals surface area contributed by atoms with E-state index in [9.17, 15) is 4.79 Å². The summed E-state index contributed by atoms with van der Waals surface area (Å²) in [6, 6.07) is 8.94. The predicted molar refractivity (Wildman–Crippen MR) is 83.8 cm³/mol. The van der Waals surface area contributed by atoms with Crippen molar-refractivity contribution in [2.24, 2.45) is 0 Å². The lowest BCUT2D eigenvalue weighted by atomic mass is 10.0. The number of carbonyl (C=O) groups is 1. The van der Waals surface area contributed by atoms with Gasteiger partial charge in [-0.15, -0.1) is 0 Å². The van der Waals surface area contributed by atoms with Crippen molar-refractivity contribution in [1.82, 2.24) is 4.90 Å². The Balaban J connectivity index is 1.84. The molecule has 0 aliphatic heterocycles. The third kappa shape index (κ3) is 4.36. The van der Waals surface area contributed by atoms with E-state index in [0.29, 0.717) is 18.4 Å². The number of amides is 1. The largest absolute Gasteiger partial charge is 0.343 e. The van der Waals surface area contributed by atoms with Gasteiger partial charge in [0.1, 0.15) is 0 Å². The average molecular weight is 273 g/mol. The molecular weight excluding hydrogens is 246 g/mol. The van der Waals surface area contributed by atoms with Crippen LogP contribution in [0.25, 0.3) is 0 Å². The minimum Gasteiger partial charge on any atom is -0.343 e. The van der Waals surface area contributed by atoms with E-state index in [-0.39, 0.29) is 0 Å². The number of carbonyl (C=O) groups excluding carboxylic acids is 1. The zero-order valence-corrected chi connectivity index (χ0v) is 12.9. The van der Waals surface area contributed by atoms with Gasteiger partial charge >= 0.3 is 0 Å². The fourth-order valence-corrected chi connectivity index (χ4v) is 3.14. The van der Waals surface area contributed by atoms with Crippen molar-refractivity contribution in [2.45, 2.75) is 64.3 Å². The van der Waals surface area contributed by atoms with Crippen LogP contribution in [0, 0.1) is 6.92 Å². The van der Waals surface area contributed by atoms with Gasteiger partial charge in [-0.1, -0.05) is 55.5 Å². The highest BCUT2D eigenvalue weighted by Gasteiger charge is 2.20. The molecule has 20 heavy (non-hydrogen) atoms. The molecule has 0 spiro atoms. The molecule has 0 N–H and O–H groups in total. The Kier molecular flexibility index (Phi) is 5.63. The van der Waals surface area contributed by atoms with Gasteiger partial charge in [-0.2, -0.15) is 0 Å². The van der Waals surface area contributed by atoms with E-state index in [1.165, 1.54) is 49.7 Å². The number of hydrogen-bond donors (Lipinski definition) is 0. The summed E-state index contributed by atoms with van der Waals surface area (Å²) in [6.07, 6.45) is 9.09. The monoisotopic (exact) mass is 273 g/mol. The fraction of sp³-hybridized carbons (Fsp3) is 0.611. The van der Waals surface area contributed by atoms with Gasteiger partial charge in [-0.25, -0.2) is 0 Å². The molecule has 1 aliphatic rings. The van der Waals surface area contributed by atoms with Crippen LogP contribution in [0.2, 0.25) is 0 Å². The maximum Gasteiger partial charge on any atom is 0.222 e. The van der Waals surface area contributed by atoms with Crippen LogP contribution >= 0.6 is 0 Å². The number of rotatable bonds is 4. The smallest absolute Gasteiger partial charge is 0.222 e. The van der Waals surface area contributed by atoms with Gasteiger partial charge in [0, 0.05) is 19.5 Å². The first-order valence-corrected chi connectivity index (χ1v) is 7.98. The van der Waals surface area contributed by atoms with E-state index >= 15 is 0 Å². The molecule has 110 valence electrons. The number of nitrogens with zero attached hydrogens (tertiary/aromatic N) is 1. The van der Waals surface area contributed by atoms with Crippen LogP contribution in [0.15, 0.2) is 24.3 Å². The molecule has 1 aromatic rings. The molecule has 1 aromatic carbocycles. The summed E-state index contributed by atoms with van der Waals surface area (Å²) < 4.78 is 0. The summed E-state index contributed by atoms with van der Waals surface area (Å²) in [5.74, 6) is 0.304. The molecule has 0 bridgehead atoms. The maximum atomic E-state index is 12.3. The van der Waals surface area contributed by atoms with Crippen molar-refractivity contribution >= 4 is 5.91 Å². The van der Waals surface area contributed by atoms with Crippen molar-refractivity contribution in [1.29, 1.82) is 0 Å². The molecule has 2 rings (SSSR count). The van der Waals surface area contributed by atoms with E-state index in [0.717, 1.165) is 6.42 Å². The zero-order chi connectivity index (χ0) is 14.4. The van der Waals surface area contributed by atoms with Gasteiger partial charge in [0.15, 0.2) is 0 Å². The lowest BCUT2D eigenvalue weighted by Gasteiger charge is -2.27. The molecule has 2 heteroatoms. The molecule has 1 saturated carbocycles. The lowest BCUT2D eigenvalue weighted by Crippen LogP contribution is -2.36. The second-order valence-corrected chi connectivity index (χ2v) is 6.14. The van der Waals surface area contributed by atoms with Crippen LogP contribution in [-0.2, 0) is 11.2 Å². The van der Waals surface area contributed by atoms with Crippen molar-refractivity contribution in [3.05, 3.63) is 35.4 Å². The van der Waals surface area contributed by atoms with Gasteiger partial charge in [-0.05, 0) is 31.7 Å². The Morgan fingerprint density at radius 3 is 2.55 bits per heavy atom. The van der Waals surface area contributed by atoms with Crippen LogP contribution in [0.5, 0.6) is 0 Å². The summed E-state index contributed by atoms with van der Waals surface area (Å²) in [5.41, 5.74) is 2.54. The molecule has 0 unspecified atom stereocenters. The van der Waals surface area contributed by atoms with E-state index in [2.05, 4.69) is 31.2 Å². The Labute approximate surface area is 123 Å². The molecule has 0 heterocycles. The van der Waals surface area contributed by atoms with Gasteiger partial charge in [0.25, 0.3) is 0 Å². The third-order valence-corrected chi connectivity index (χ3v) is 4.48. The first-order valence-electron chi connectivity index (χ1n) is 7.98. The molecule has 0 aromatic heterocycles. The van der Waals surface area contributed by atoms with E-state index in [1.54, 1.807) is 0 Å². The molecule has 1 fully saturated rings. The SMILES string of the molecule is Cc1cccc(CCC(=O)N(C)C2CCCCCC2)c1. The second-order valence-electron chi connectivity index (χ2n) is 6.14. The number of hydrogen-bond acceptors (Lipinski definition) is 1. The van der Waals surface area contributed by atoms with Crippen LogP contribution in [0.1, 0.15) is 56.1 Å². The van der Waals surface area contributed by atoms with Gasteiger partial charge < -0.3 is 4.90 Å². The molecule has 1 amide bonds. The number of benzene rings is 1. The minimum absolute atomic E-state index is 0.304. The first-order chi connectivity index (χ1) is 9.66. The topological polar surface area (TPSA) is 20.3 Å². The van der Waals surface area contributed by atoms with Crippen LogP contribution in [0.3, 0.4) is 0 Å². The van der Waals surface area contributed by atoms with Crippen molar-refractivity contribution in [3.8, 4) is 0 Å². The highest BCUT2D eigenvalue weighted by Crippen LogP contribution is 2.21. The summed E-state index contributed by atoms with van der Waals surface area (Å²) >= 11 is 0. The van der Waals surface area contributed by atoms with Gasteiger partial charge in [0.2, 0.25) is 5.91 Å². The zero-order valence-electron chi connectivity index (χ0n) is 12.9. The molecule has 0 radical (unpaired) electrons. The van der Waals surface area contributed by atoms with Crippen LogP contribution < -0.4 is 0 Å². The van der Waals surface area contributed by atoms with Gasteiger partial charge in [0.05, 0.1) is 0 Å².